The zero-order chi connectivity index (χ0) is 6.15. The van der Waals surface area contributed by atoms with Gasteiger partial charge in [0, 0.05) is 0 Å². The molecular weight excluding hydrogens is 176 g/mol. The maximum atomic E-state index is 8.67. The van der Waals surface area contributed by atoms with Crippen LogP contribution in [0.3, 0.4) is 0 Å². The largest absolute Gasteiger partial charge is 0.365 e. The molecule has 46 valence electrons. The summed E-state index contributed by atoms with van der Waals surface area (Å²) in [6, 6.07) is 0. The number of halogens is 1. The summed E-state index contributed by atoms with van der Waals surface area (Å²) in [6.45, 7) is 0. The van der Waals surface area contributed by atoms with Gasteiger partial charge in [0.25, 0.3) is 0 Å². The molecular formula is C4H5BrO3. The highest BCUT2D eigenvalue weighted by molar-refractivity contribution is 9.11. The summed E-state index contributed by atoms with van der Waals surface area (Å²) in [7, 11) is 0. The van der Waals surface area contributed by atoms with E-state index in [0.29, 0.717) is 4.48 Å². The molecule has 2 N–H and O–H groups in total. The number of hydrogen-bond acceptors (Lipinski definition) is 3. The molecule has 1 rings (SSSR count). The van der Waals surface area contributed by atoms with Crippen molar-refractivity contribution in [2.24, 2.45) is 0 Å². The first-order valence-corrected chi connectivity index (χ1v) is 2.88. The molecule has 2 atom stereocenters. The van der Waals surface area contributed by atoms with Crippen LogP contribution < -0.4 is 0 Å². The molecule has 1 aliphatic heterocycles. The van der Waals surface area contributed by atoms with Crippen molar-refractivity contribution < 1.29 is 14.9 Å². The van der Waals surface area contributed by atoms with Crippen LogP contribution in [0.4, 0.5) is 0 Å². The van der Waals surface area contributed by atoms with Crippen molar-refractivity contribution in [3.63, 3.8) is 0 Å². The minimum absolute atomic E-state index is 0.477. The Bertz CT molecular complexity index is 122. The number of aliphatic hydroxyl groups excluding tert-OH is 2. The van der Waals surface area contributed by atoms with E-state index < -0.39 is 12.6 Å². The minimum atomic E-state index is -0.981. The van der Waals surface area contributed by atoms with Crippen molar-refractivity contribution in [1.82, 2.24) is 0 Å². The van der Waals surface area contributed by atoms with Gasteiger partial charge in [0.05, 0.1) is 4.48 Å². The molecule has 0 saturated heterocycles. The predicted octanol–water partition coefficient (Wildman–Crippen LogP) is -0.0678. The van der Waals surface area contributed by atoms with Crippen LogP contribution in [0.1, 0.15) is 0 Å². The van der Waals surface area contributed by atoms with Gasteiger partial charge in [-0.15, -0.1) is 0 Å². The van der Waals surface area contributed by atoms with Gasteiger partial charge in [-0.25, -0.2) is 0 Å². The Morgan fingerprint density at radius 2 is 2.25 bits per heavy atom. The van der Waals surface area contributed by atoms with Crippen LogP contribution in [-0.4, -0.2) is 22.8 Å². The number of aliphatic hydroxyl groups is 2. The molecule has 0 fully saturated rings. The Hall–Kier alpha value is 0.1000. The molecule has 0 amide bonds. The summed E-state index contributed by atoms with van der Waals surface area (Å²) in [5.74, 6) is 0. The molecule has 4 heteroatoms. The van der Waals surface area contributed by atoms with Crippen LogP contribution in [0, 0.1) is 0 Å². The quantitative estimate of drug-likeness (QED) is 0.550. The highest BCUT2D eigenvalue weighted by atomic mass is 79.9. The van der Waals surface area contributed by atoms with E-state index in [0.717, 1.165) is 0 Å². The van der Waals surface area contributed by atoms with Crippen LogP contribution >= 0.6 is 15.9 Å². The first kappa shape index (κ1) is 6.22. The van der Waals surface area contributed by atoms with Crippen molar-refractivity contribution in [2.45, 2.75) is 12.6 Å². The Kier molecular flexibility index (Phi) is 1.67. The third-order valence-corrected chi connectivity index (χ3v) is 1.46. The van der Waals surface area contributed by atoms with E-state index in [4.69, 9.17) is 10.2 Å². The summed E-state index contributed by atoms with van der Waals surface area (Å²) >= 11 is 2.97. The smallest absolute Gasteiger partial charge is 0.191 e. The van der Waals surface area contributed by atoms with E-state index in [9.17, 15) is 0 Å². The normalized spacial score (nSPS) is 37.6. The van der Waals surface area contributed by atoms with E-state index >= 15 is 0 Å². The van der Waals surface area contributed by atoms with Gasteiger partial charge in [-0.2, -0.15) is 0 Å². The van der Waals surface area contributed by atoms with Gasteiger partial charge in [0.1, 0.15) is 0 Å². The monoisotopic (exact) mass is 180 g/mol. The Balaban J connectivity index is 2.59. The first-order valence-electron chi connectivity index (χ1n) is 2.09. The molecule has 8 heavy (non-hydrogen) atoms. The zero-order valence-electron chi connectivity index (χ0n) is 3.91. The number of hydrogen-bond donors (Lipinski definition) is 2. The van der Waals surface area contributed by atoms with E-state index in [1.807, 2.05) is 0 Å². The Labute approximate surface area is 54.7 Å². The van der Waals surface area contributed by atoms with Crippen LogP contribution in [0.2, 0.25) is 0 Å². The summed E-state index contributed by atoms with van der Waals surface area (Å²) in [6.07, 6.45) is -0.561. The molecule has 0 aromatic carbocycles. The third kappa shape index (κ3) is 1.08. The summed E-state index contributed by atoms with van der Waals surface area (Å²) in [5.41, 5.74) is 0. The highest BCUT2D eigenvalue weighted by Crippen LogP contribution is 2.20. The molecule has 2 unspecified atom stereocenters. The van der Waals surface area contributed by atoms with Gasteiger partial charge in [0.15, 0.2) is 12.6 Å². The summed E-state index contributed by atoms with van der Waals surface area (Å²) in [5, 5.41) is 17.3. The van der Waals surface area contributed by atoms with Gasteiger partial charge in [-0.05, 0) is 6.08 Å². The topological polar surface area (TPSA) is 49.7 Å². The predicted molar refractivity (Wildman–Crippen MR) is 30.1 cm³/mol. The van der Waals surface area contributed by atoms with Gasteiger partial charge in [0.2, 0.25) is 0 Å². The van der Waals surface area contributed by atoms with Crippen LogP contribution in [0.15, 0.2) is 10.6 Å². The Morgan fingerprint density at radius 1 is 1.62 bits per heavy atom. The molecule has 0 spiro atoms. The van der Waals surface area contributed by atoms with E-state index in [1.165, 1.54) is 6.08 Å². The molecule has 0 saturated carbocycles. The lowest BCUT2D eigenvalue weighted by Crippen LogP contribution is -2.10. The van der Waals surface area contributed by atoms with E-state index in [2.05, 4.69) is 20.7 Å². The molecule has 1 aliphatic rings. The molecule has 0 aromatic heterocycles. The highest BCUT2D eigenvalue weighted by Gasteiger charge is 2.20. The van der Waals surface area contributed by atoms with Crippen LogP contribution in [-0.2, 0) is 4.74 Å². The maximum Gasteiger partial charge on any atom is 0.191 e. The average molecular weight is 181 g/mol. The minimum Gasteiger partial charge on any atom is -0.365 e. The van der Waals surface area contributed by atoms with Crippen molar-refractivity contribution >= 4 is 15.9 Å². The SMILES string of the molecule is OC1C=C(Br)C(O)O1. The molecule has 3 nitrogen and oxygen atoms in total. The van der Waals surface area contributed by atoms with Crippen LogP contribution in [0.5, 0.6) is 0 Å². The van der Waals surface area contributed by atoms with Crippen molar-refractivity contribution in [3.05, 3.63) is 10.6 Å². The third-order valence-electron chi connectivity index (χ3n) is 0.806. The molecule has 0 aromatic rings. The van der Waals surface area contributed by atoms with E-state index in [1.54, 1.807) is 0 Å². The lowest BCUT2D eigenvalue weighted by molar-refractivity contribution is -0.148. The fourth-order valence-corrected chi connectivity index (χ4v) is 0.789. The lowest BCUT2D eigenvalue weighted by atomic mass is 10.5. The van der Waals surface area contributed by atoms with Crippen molar-refractivity contribution in [3.8, 4) is 0 Å². The maximum absolute atomic E-state index is 8.67. The molecule has 0 radical (unpaired) electrons. The van der Waals surface area contributed by atoms with Crippen molar-refractivity contribution in [2.75, 3.05) is 0 Å². The summed E-state index contributed by atoms with van der Waals surface area (Å²) in [4.78, 5) is 0. The van der Waals surface area contributed by atoms with Crippen LogP contribution in [0.25, 0.3) is 0 Å². The molecule has 1 heterocycles. The zero-order valence-corrected chi connectivity index (χ0v) is 5.50. The second-order valence-corrected chi connectivity index (χ2v) is 2.35. The van der Waals surface area contributed by atoms with Gasteiger partial charge in [-0.1, -0.05) is 15.9 Å². The van der Waals surface area contributed by atoms with Crippen molar-refractivity contribution in [1.29, 1.82) is 0 Å². The second kappa shape index (κ2) is 2.14. The average Bonchev–Trinajstić information content (AvgIpc) is 1.85. The Morgan fingerprint density at radius 3 is 2.38 bits per heavy atom. The second-order valence-electron chi connectivity index (χ2n) is 1.43. The summed E-state index contributed by atoms with van der Waals surface area (Å²) < 4.78 is 4.92. The van der Waals surface area contributed by atoms with Gasteiger partial charge >= 0.3 is 0 Å². The number of rotatable bonds is 0. The fraction of sp³-hybridized carbons (Fsp3) is 0.500. The number of ether oxygens (including phenoxy) is 1. The molecule has 0 aliphatic carbocycles. The van der Waals surface area contributed by atoms with Gasteiger partial charge < -0.3 is 14.9 Å². The lowest BCUT2D eigenvalue weighted by Gasteiger charge is -2.01. The fourth-order valence-electron chi connectivity index (χ4n) is 0.455. The molecule has 0 bridgehead atoms. The standard InChI is InChI=1S/C4H5BrO3/c5-2-1-3(6)8-4(2)7/h1,3-4,6-7H. The van der Waals surface area contributed by atoms with Gasteiger partial charge in [-0.3, -0.25) is 0 Å². The first-order chi connectivity index (χ1) is 3.70. The van der Waals surface area contributed by atoms with E-state index in [-0.39, 0.29) is 0 Å².